The summed E-state index contributed by atoms with van der Waals surface area (Å²) < 4.78 is 9.99. The molecule has 0 saturated heterocycles. The number of nitrogens with two attached hydrogens (primary N) is 1. The summed E-state index contributed by atoms with van der Waals surface area (Å²) in [5.74, 6) is 5.03. The zero-order valence-corrected chi connectivity index (χ0v) is 11.1. The molecular weight excluding hydrogens is 260 g/mol. The van der Waals surface area contributed by atoms with Crippen molar-refractivity contribution in [2.24, 2.45) is 5.73 Å². The first-order valence-corrected chi connectivity index (χ1v) is 5.88. The fraction of sp³-hybridized carbons (Fsp3) is 0.286. The molecule has 0 radical (unpaired) electrons. The number of nitrogens with one attached hydrogen (secondary N) is 1. The van der Waals surface area contributed by atoms with Gasteiger partial charge in [-0.3, -0.25) is 9.59 Å². The maximum absolute atomic E-state index is 11.1. The summed E-state index contributed by atoms with van der Waals surface area (Å²) in [4.78, 5) is 22.2. The standard InChI is InChI=1S/C14H16N2O4/c1-19-10-13(17)16-8-4-5-9-20-12-7-3-2-6-11(12)14(15)18/h2-3,6-7H,8-10H2,1H3,(H2,15,18)(H,16,17). The van der Waals surface area contributed by atoms with Crippen LogP contribution in [0.4, 0.5) is 0 Å². The van der Waals surface area contributed by atoms with Gasteiger partial charge < -0.3 is 20.5 Å². The average Bonchev–Trinajstić information content (AvgIpc) is 2.43. The van der Waals surface area contributed by atoms with Gasteiger partial charge in [0.1, 0.15) is 19.0 Å². The molecule has 0 aliphatic heterocycles. The second-order valence-electron chi connectivity index (χ2n) is 3.71. The Bertz CT molecular complexity index is 531. The van der Waals surface area contributed by atoms with Gasteiger partial charge >= 0.3 is 0 Å². The zero-order chi connectivity index (χ0) is 14.8. The van der Waals surface area contributed by atoms with Gasteiger partial charge in [0.15, 0.2) is 0 Å². The van der Waals surface area contributed by atoms with E-state index in [1.54, 1.807) is 24.3 Å². The summed E-state index contributed by atoms with van der Waals surface area (Å²) >= 11 is 0. The van der Waals surface area contributed by atoms with Gasteiger partial charge in [0, 0.05) is 7.11 Å². The van der Waals surface area contributed by atoms with Crippen LogP contribution in [-0.4, -0.2) is 38.7 Å². The predicted molar refractivity (Wildman–Crippen MR) is 73.1 cm³/mol. The SMILES string of the molecule is COCC(=O)NCC#CCOc1ccccc1C(N)=O. The lowest BCUT2D eigenvalue weighted by atomic mass is 10.2. The molecule has 1 aromatic carbocycles. The van der Waals surface area contributed by atoms with E-state index in [9.17, 15) is 9.59 Å². The molecule has 3 N–H and O–H groups in total. The van der Waals surface area contributed by atoms with Gasteiger partial charge in [0.2, 0.25) is 5.91 Å². The number of carbonyl (C=O) groups is 2. The van der Waals surface area contributed by atoms with Crippen molar-refractivity contribution in [1.29, 1.82) is 0 Å². The third-order valence-corrected chi connectivity index (χ3v) is 2.23. The van der Waals surface area contributed by atoms with Crippen LogP contribution in [0.2, 0.25) is 0 Å². The molecule has 20 heavy (non-hydrogen) atoms. The van der Waals surface area contributed by atoms with Gasteiger partial charge in [-0.25, -0.2) is 0 Å². The zero-order valence-electron chi connectivity index (χ0n) is 11.1. The van der Waals surface area contributed by atoms with Crippen LogP contribution < -0.4 is 15.8 Å². The highest BCUT2D eigenvalue weighted by atomic mass is 16.5. The Hall–Kier alpha value is -2.52. The summed E-state index contributed by atoms with van der Waals surface area (Å²) in [6.45, 7) is 0.317. The van der Waals surface area contributed by atoms with Gasteiger partial charge in [-0.15, -0.1) is 0 Å². The van der Waals surface area contributed by atoms with Crippen molar-refractivity contribution in [2.45, 2.75) is 0 Å². The topological polar surface area (TPSA) is 90.7 Å². The Morgan fingerprint density at radius 1 is 1.30 bits per heavy atom. The van der Waals surface area contributed by atoms with Crippen molar-refractivity contribution in [3.63, 3.8) is 0 Å². The normalized spacial score (nSPS) is 9.25. The number of ether oxygens (including phenoxy) is 2. The van der Waals surface area contributed by atoms with Crippen molar-refractivity contribution in [1.82, 2.24) is 5.32 Å². The Morgan fingerprint density at radius 2 is 2.05 bits per heavy atom. The first-order valence-electron chi connectivity index (χ1n) is 5.88. The molecule has 0 spiro atoms. The highest BCUT2D eigenvalue weighted by Gasteiger charge is 2.06. The monoisotopic (exact) mass is 276 g/mol. The number of primary amides is 1. The Labute approximate surface area is 117 Å². The summed E-state index contributed by atoms with van der Waals surface area (Å²) in [5.41, 5.74) is 5.52. The minimum atomic E-state index is -0.555. The number of amides is 2. The van der Waals surface area contributed by atoms with Crippen LogP contribution in [0.25, 0.3) is 0 Å². The highest BCUT2D eigenvalue weighted by molar-refractivity contribution is 5.95. The summed E-state index contributed by atoms with van der Waals surface area (Å²) in [7, 11) is 1.44. The molecule has 0 aromatic heterocycles. The van der Waals surface area contributed by atoms with Crippen LogP contribution >= 0.6 is 0 Å². The number of hydrogen-bond acceptors (Lipinski definition) is 4. The van der Waals surface area contributed by atoms with E-state index in [0.29, 0.717) is 11.3 Å². The van der Waals surface area contributed by atoms with E-state index in [1.807, 2.05) is 0 Å². The van der Waals surface area contributed by atoms with E-state index in [0.717, 1.165) is 0 Å². The second-order valence-corrected chi connectivity index (χ2v) is 3.71. The molecule has 106 valence electrons. The van der Waals surface area contributed by atoms with Crippen LogP contribution in [0.3, 0.4) is 0 Å². The molecule has 0 atom stereocenters. The second kappa shape index (κ2) is 8.56. The molecule has 6 heteroatoms. The van der Waals surface area contributed by atoms with Gasteiger partial charge in [-0.1, -0.05) is 24.0 Å². The number of benzene rings is 1. The van der Waals surface area contributed by atoms with Gasteiger partial charge in [-0.2, -0.15) is 0 Å². The number of carbonyl (C=O) groups excluding carboxylic acids is 2. The number of hydrogen-bond donors (Lipinski definition) is 2. The molecule has 0 unspecified atom stereocenters. The van der Waals surface area contributed by atoms with E-state index in [4.69, 9.17) is 10.5 Å². The highest BCUT2D eigenvalue weighted by Crippen LogP contribution is 2.16. The fourth-order valence-electron chi connectivity index (χ4n) is 1.35. The first kappa shape index (κ1) is 15.5. The Kier molecular flexibility index (Phi) is 6.65. The van der Waals surface area contributed by atoms with E-state index in [2.05, 4.69) is 21.9 Å². The fourth-order valence-corrected chi connectivity index (χ4v) is 1.35. The third-order valence-electron chi connectivity index (χ3n) is 2.23. The lowest BCUT2D eigenvalue weighted by Gasteiger charge is -2.05. The summed E-state index contributed by atoms with van der Waals surface area (Å²) in [6.07, 6.45) is 0. The lowest BCUT2D eigenvalue weighted by Crippen LogP contribution is -2.27. The molecule has 0 saturated carbocycles. The van der Waals surface area contributed by atoms with Crippen molar-refractivity contribution in [2.75, 3.05) is 26.9 Å². The largest absolute Gasteiger partial charge is 0.480 e. The number of rotatable bonds is 6. The third kappa shape index (κ3) is 5.42. The smallest absolute Gasteiger partial charge is 0.252 e. The lowest BCUT2D eigenvalue weighted by molar-refractivity contribution is -0.124. The Morgan fingerprint density at radius 3 is 2.75 bits per heavy atom. The first-order chi connectivity index (χ1) is 9.65. The summed E-state index contributed by atoms with van der Waals surface area (Å²) in [6, 6.07) is 6.66. The van der Waals surface area contributed by atoms with Crippen LogP contribution in [-0.2, 0) is 9.53 Å². The molecule has 0 aliphatic carbocycles. The quantitative estimate of drug-likeness (QED) is 0.712. The molecule has 0 bridgehead atoms. The van der Waals surface area contributed by atoms with Crippen molar-refractivity contribution in [3.05, 3.63) is 29.8 Å². The molecule has 1 aromatic rings. The van der Waals surface area contributed by atoms with Crippen LogP contribution in [0.5, 0.6) is 5.75 Å². The number of methoxy groups -OCH3 is 1. The van der Waals surface area contributed by atoms with Crippen LogP contribution in [0.1, 0.15) is 10.4 Å². The van der Waals surface area contributed by atoms with Gasteiger partial charge in [0.05, 0.1) is 12.1 Å². The molecular formula is C14H16N2O4. The minimum absolute atomic E-state index is 0.00413. The van der Waals surface area contributed by atoms with Crippen LogP contribution in [0, 0.1) is 11.8 Å². The van der Waals surface area contributed by atoms with E-state index < -0.39 is 5.91 Å². The molecule has 1 rings (SSSR count). The Balaban J connectivity index is 2.38. The molecule has 0 aliphatic rings. The molecule has 6 nitrogen and oxygen atoms in total. The van der Waals surface area contributed by atoms with Gasteiger partial charge in [-0.05, 0) is 12.1 Å². The predicted octanol–water partition coefficient (Wildman–Crippen LogP) is -0.0697. The maximum Gasteiger partial charge on any atom is 0.252 e. The molecule has 2 amide bonds. The molecule has 0 fully saturated rings. The van der Waals surface area contributed by atoms with E-state index >= 15 is 0 Å². The van der Waals surface area contributed by atoms with Crippen molar-refractivity contribution < 1.29 is 19.1 Å². The van der Waals surface area contributed by atoms with E-state index in [-0.39, 0.29) is 25.7 Å². The number of para-hydroxylation sites is 1. The van der Waals surface area contributed by atoms with Crippen molar-refractivity contribution >= 4 is 11.8 Å². The van der Waals surface area contributed by atoms with Gasteiger partial charge in [0.25, 0.3) is 5.91 Å². The van der Waals surface area contributed by atoms with Crippen LogP contribution in [0.15, 0.2) is 24.3 Å². The molecule has 0 heterocycles. The minimum Gasteiger partial charge on any atom is -0.480 e. The van der Waals surface area contributed by atoms with E-state index in [1.165, 1.54) is 7.11 Å². The average molecular weight is 276 g/mol. The summed E-state index contributed by atoms with van der Waals surface area (Å²) in [5, 5.41) is 2.54. The maximum atomic E-state index is 11.1. The van der Waals surface area contributed by atoms with Crippen molar-refractivity contribution in [3.8, 4) is 17.6 Å².